The van der Waals surface area contributed by atoms with Crippen LogP contribution in [0.4, 0.5) is 5.69 Å². The Bertz CT molecular complexity index is 448. The van der Waals surface area contributed by atoms with Crippen LogP contribution in [0.15, 0.2) is 22.7 Å². The van der Waals surface area contributed by atoms with Gasteiger partial charge in [-0.2, -0.15) is 0 Å². The number of methoxy groups -OCH3 is 1. The van der Waals surface area contributed by atoms with E-state index in [-0.39, 0.29) is 0 Å². The van der Waals surface area contributed by atoms with Crippen molar-refractivity contribution in [2.24, 2.45) is 0 Å². The molecule has 104 valence electrons. The number of halogens is 1. The lowest BCUT2D eigenvalue weighted by atomic mass is 10.1. The third kappa shape index (κ3) is 3.12. The Morgan fingerprint density at radius 2 is 2.21 bits per heavy atom. The molecule has 0 spiro atoms. The van der Waals surface area contributed by atoms with Gasteiger partial charge in [0, 0.05) is 48.0 Å². The van der Waals surface area contributed by atoms with Crippen molar-refractivity contribution in [3.05, 3.63) is 28.2 Å². The van der Waals surface area contributed by atoms with Gasteiger partial charge in [0.15, 0.2) is 0 Å². The molecule has 4 heteroatoms. The van der Waals surface area contributed by atoms with E-state index in [1.165, 1.54) is 43.6 Å². The standard InChI is InChI=1S/C15H21BrN2O/c1-19-10-13-14(16)3-2-4-15(13)17-11-7-8-18(9-11)12-5-6-12/h2-4,11-12,17H,5-10H2,1H3. The normalized spacial score (nSPS) is 23.8. The Morgan fingerprint density at radius 1 is 1.37 bits per heavy atom. The van der Waals surface area contributed by atoms with Crippen LogP contribution < -0.4 is 5.32 Å². The molecule has 0 bridgehead atoms. The number of hydrogen-bond acceptors (Lipinski definition) is 3. The summed E-state index contributed by atoms with van der Waals surface area (Å²) in [5, 5.41) is 3.70. The third-order valence-corrected chi connectivity index (χ3v) is 4.79. The highest BCUT2D eigenvalue weighted by atomic mass is 79.9. The minimum absolute atomic E-state index is 0.575. The predicted octanol–water partition coefficient (Wildman–Crippen LogP) is 3.24. The van der Waals surface area contributed by atoms with E-state index >= 15 is 0 Å². The third-order valence-electron chi connectivity index (χ3n) is 4.05. The van der Waals surface area contributed by atoms with E-state index in [9.17, 15) is 0 Å². The lowest BCUT2D eigenvalue weighted by Gasteiger charge is -2.19. The van der Waals surface area contributed by atoms with Gasteiger partial charge in [-0.1, -0.05) is 22.0 Å². The zero-order valence-corrected chi connectivity index (χ0v) is 12.9. The number of nitrogens with one attached hydrogen (secondary N) is 1. The molecule has 1 aliphatic heterocycles. The fourth-order valence-electron chi connectivity index (χ4n) is 2.88. The maximum atomic E-state index is 5.30. The summed E-state index contributed by atoms with van der Waals surface area (Å²) in [5.74, 6) is 0. The van der Waals surface area contributed by atoms with Crippen LogP contribution in [-0.2, 0) is 11.3 Å². The molecule has 1 saturated carbocycles. The number of ether oxygens (including phenoxy) is 1. The van der Waals surface area contributed by atoms with Crippen LogP contribution in [-0.4, -0.2) is 37.2 Å². The molecule has 1 aromatic rings. The molecule has 2 aliphatic rings. The monoisotopic (exact) mass is 324 g/mol. The van der Waals surface area contributed by atoms with Crippen LogP contribution in [0.1, 0.15) is 24.8 Å². The van der Waals surface area contributed by atoms with Crippen molar-refractivity contribution >= 4 is 21.6 Å². The molecule has 1 N–H and O–H groups in total. The number of rotatable bonds is 5. The molecule has 1 unspecified atom stereocenters. The molecule has 1 aromatic carbocycles. The minimum Gasteiger partial charge on any atom is -0.381 e. The molecule has 1 aliphatic carbocycles. The molecule has 3 rings (SSSR count). The highest BCUT2D eigenvalue weighted by molar-refractivity contribution is 9.10. The molecule has 3 nitrogen and oxygen atoms in total. The molecule has 0 radical (unpaired) electrons. The van der Waals surface area contributed by atoms with Gasteiger partial charge < -0.3 is 10.1 Å². The van der Waals surface area contributed by atoms with Crippen molar-refractivity contribution in [2.75, 3.05) is 25.5 Å². The number of likely N-dealkylation sites (tertiary alicyclic amines) is 1. The van der Waals surface area contributed by atoms with Crippen molar-refractivity contribution < 1.29 is 4.74 Å². The lowest BCUT2D eigenvalue weighted by molar-refractivity contribution is 0.185. The van der Waals surface area contributed by atoms with Crippen molar-refractivity contribution in [2.45, 2.75) is 38.0 Å². The quantitative estimate of drug-likeness (QED) is 0.899. The Labute approximate surface area is 123 Å². The van der Waals surface area contributed by atoms with Crippen LogP contribution in [0.2, 0.25) is 0 Å². The summed E-state index contributed by atoms with van der Waals surface area (Å²) in [5.41, 5.74) is 2.42. The van der Waals surface area contributed by atoms with Crippen LogP contribution in [0.3, 0.4) is 0 Å². The Kier molecular flexibility index (Phi) is 4.10. The first kappa shape index (κ1) is 13.4. The molecular formula is C15H21BrN2O. The lowest BCUT2D eigenvalue weighted by Crippen LogP contribution is -2.28. The molecule has 1 heterocycles. The zero-order valence-electron chi connectivity index (χ0n) is 11.4. The van der Waals surface area contributed by atoms with Crippen molar-refractivity contribution in [1.29, 1.82) is 0 Å². The number of hydrogen-bond donors (Lipinski definition) is 1. The molecule has 1 atom stereocenters. The average molecular weight is 325 g/mol. The fraction of sp³-hybridized carbons (Fsp3) is 0.600. The van der Waals surface area contributed by atoms with E-state index in [0.717, 1.165) is 10.5 Å². The van der Waals surface area contributed by atoms with E-state index in [0.29, 0.717) is 12.6 Å². The van der Waals surface area contributed by atoms with Gasteiger partial charge in [0.25, 0.3) is 0 Å². The first-order valence-electron chi connectivity index (χ1n) is 7.05. The van der Waals surface area contributed by atoms with E-state index in [2.05, 4.69) is 44.3 Å². The van der Waals surface area contributed by atoms with Gasteiger partial charge >= 0.3 is 0 Å². The van der Waals surface area contributed by atoms with Gasteiger partial charge in [-0.25, -0.2) is 0 Å². The van der Waals surface area contributed by atoms with Crippen LogP contribution >= 0.6 is 15.9 Å². The molecule has 2 fully saturated rings. The first-order valence-corrected chi connectivity index (χ1v) is 7.84. The average Bonchev–Trinajstić information content (AvgIpc) is 3.15. The summed E-state index contributed by atoms with van der Waals surface area (Å²) in [4.78, 5) is 2.63. The van der Waals surface area contributed by atoms with Gasteiger partial charge in [0.2, 0.25) is 0 Å². The van der Waals surface area contributed by atoms with Gasteiger partial charge in [-0.05, 0) is 31.4 Å². The maximum Gasteiger partial charge on any atom is 0.0744 e. The van der Waals surface area contributed by atoms with Gasteiger partial charge in [-0.15, -0.1) is 0 Å². The second-order valence-corrected chi connectivity index (χ2v) is 6.41. The minimum atomic E-state index is 0.575. The topological polar surface area (TPSA) is 24.5 Å². The van der Waals surface area contributed by atoms with Crippen molar-refractivity contribution in [3.63, 3.8) is 0 Å². The van der Waals surface area contributed by atoms with Crippen LogP contribution in [0.25, 0.3) is 0 Å². The molecule has 0 aromatic heterocycles. The first-order chi connectivity index (χ1) is 9.28. The summed E-state index contributed by atoms with van der Waals surface area (Å²) in [6.07, 6.45) is 4.05. The van der Waals surface area contributed by atoms with E-state index in [1.54, 1.807) is 7.11 Å². The van der Waals surface area contributed by atoms with Gasteiger partial charge in [0.1, 0.15) is 0 Å². The summed E-state index contributed by atoms with van der Waals surface area (Å²) < 4.78 is 6.42. The second-order valence-electron chi connectivity index (χ2n) is 5.56. The Morgan fingerprint density at radius 3 is 2.95 bits per heavy atom. The maximum absolute atomic E-state index is 5.30. The number of nitrogens with zero attached hydrogens (tertiary/aromatic N) is 1. The molecule has 1 saturated heterocycles. The highest BCUT2D eigenvalue weighted by Gasteiger charge is 2.34. The van der Waals surface area contributed by atoms with Crippen molar-refractivity contribution in [1.82, 2.24) is 4.90 Å². The Hall–Kier alpha value is -0.580. The molecule has 0 amide bonds. The molecule has 19 heavy (non-hydrogen) atoms. The summed E-state index contributed by atoms with van der Waals surface area (Å²) in [6, 6.07) is 7.77. The van der Waals surface area contributed by atoms with Gasteiger partial charge in [-0.3, -0.25) is 4.90 Å². The summed E-state index contributed by atoms with van der Waals surface area (Å²) >= 11 is 3.61. The Balaban J connectivity index is 1.67. The summed E-state index contributed by atoms with van der Waals surface area (Å²) in [6.45, 7) is 3.07. The second kappa shape index (κ2) is 5.81. The molecular weight excluding hydrogens is 304 g/mol. The van der Waals surface area contributed by atoms with Gasteiger partial charge in [0.05, 0.1) is 6.61 Å². The van der Waals surface area contributed by atoms with Crippen LogP contribution in [0.5, 0.6) is 0 Å². The number of anilines is 1. The predicted molar refractivity (Wildman–Crippen MR) is 81.5 cm³/mol. The van der Waals surface area contributed by atoms with E-state index in [1.807, 2.05) is 0 Å². The SMILES string of the molecule is COCc1c(Br)cccc1NC1CCN(C2CC2)C1. The highest BCUT2D eigenvalue weighted by Crippen LogP contribution is 2.32. The zero-order chi connectivity index (χ0) is 13.2. The largest absolute Gasteiger partial charge is 0.381 e. The fourth-order valence-corrected chi connectivity index (χ4v) is 3.36. The van der Waals surface area contributed by atoms with E-state index < -0.39 is 0 Å². The van der Waals surface area contributed by atoms with E-state index in [4.69, 9.17) is 4.74 Å². The van der Waals surface area contributed by atoms with Crippen LogP contribution in [0, 0.1) is 0 Å². The number of benzene rings is 1. The summed E-state index contributed by atoms with van der Waals surface area (Å²) in [7, 11) is 1.74. The van der Waals surface area contributed by atoms with Crippen molar-refractivity contribution in [3.8, 4) is 0 Å². The smallest absolute Gasteiger partial charge is 0.0744 e.